The number of hydrogen-bond donors (Lipinski definition) is 0. The molecule has 0 atom stereocenters. The van der Waals surface area contributed by atoms with Crippen LogP contribution in [0.15, 0.2) is 22.8 Å². The average molecular weight is 357 g/mol. The summed E-state index contributed by atoms with van der Waals surface area (Å²) in [6.45, 7) is 2.66. The van der Waals surface area contributed by atoms with E-state index in [1.807, 2.05) is 23.9 Å². The highest BCUT2D eigenvalue weighted by Crippen LogP contribution is 2.27. The molecule has 7 nitrogen and oxygen atoms in total. The lowest BCUT2D eigenvalue weighted by atomic mass is 10.2. The SMILES string of the molecule is Cc1nnsc1C(=O)N(Cc1ccco1)Cc1nn(C)c2c1CCC2. The van der Waals surface area contributed by atoms with Crippen molar-refractivity contribution in [3.05, 3.63) is 51.7 Å². The van der Waals surface area contributed by atoms with Gasteiger partial charge in [0.15, 0.2) is 0 Å². The monoisotopic (exact) mass is 357 g/mol. The zero-order chi connectivity index (χ0) is 17.4. The van der Waals surface area contributed by atoms with Crippen LogP contribution in [-0.2, 0) is 33.0 Å². The molecule has 0 fully saturated rings. The third-order valence-electron chi connectivity index (χ3n) is 4.60. The lowest BCUT2D eigenvalue weighted by Crippen LogP contribution is -2.30. The molecule has 1 amide bonds. The number of furan rings is 1. The van der Waals surface area contributed by atoms with E-state index >= 15 is 0 Å². The van der Waals surface area contributed by atoms with Crippen LogP contribution >= 0.6 is 11.5 Å². The fraction of sp³-hybridized carbons (Fsp3) is 0.412. The van der Waals surface area contributed by atoms with Gasteiger partial charge in [-0.15, -0.1) is 5.10 Å². The molecule has 0 aliphatic heterocycles. The zero-order valence-corrected chi connectivity index (χ0v) is 15.0. The van der Waals surface area contributed by atoms with Crippen molar-refractivity contribution < 1.29 is 9.21 Å². The third kappa shape index (κ3) is 2.97. The van der Waals surface area contributed by atoms with Crippen LogP contribution in [0.3, 0.4) is 0 Å². The van der Waals surface area contributed by atoms with Crippen molar-refractivity contribution in [2.45, 2.75) is 39.3 Å². The summed E-state index contributed by atoms with van der Waals surface area (Å²) in [4.78, 5) is 15.4. The molecule has 0 bridgehead atoms. The van der Waals surface area contributed by atoms with Gasteiger partial charge in [0.1, 0.15) is 10.6 Å². The van der Waals surface area contributed by atoms with Gasteiger partial charge in [0.2, 0.25) is 0 Å². The highest BCUT2D eigenvalue weighted by Gasteiger charge is 2.27. The summed E-state index contributed by atoms with van der Waals surface area (Å²) in [5, 5.41) is 8.62. The summed E-state index contributed by atoms with van der Waals surface area (Å²) in [5.74, 6) is 0.664. The molecule has 0 aromatic carbocycles. The van der Waals surface area contributed by atoms with Crippen LogP contribution in [0.1, 0.15) is 44.5 Å². The zero-order valence-electron chi connectivity index (χ0n) is 14.2. The number of amides is 1. The van der Waals surface area contributed by atoms with Crippen molar-refractivity contribution in [1.29, 1.82) is 0 Å². The molecule has 0 spiro atoms. The van der Waals surface area contributed by atoms with E-state index in [0.29, 0.717) is 23.7 Å². The maximum atomic E-state index is 13.0. The van der Waals surface area contributed by atoms with Gasteiger partial charge in [-0.05, 0) is 55.4 Å². The van der Waals surface area contributed by atoms with E-state index in [0.717, 1.165) is 42.2 Å². The largest absolute Gasteiger partial charge is 0.467 e. The Morgan fingerprint density at radius 2 is 2.28 bits per heavy atom. The van der Waals surface area contributed by atoms with Crippen LogP contribution in [0.4, 0.5) is 0 Å². The predicted molar refractivity (Wildman–Crippen MR) is 92.2 cm³/mol. The first-order valence-corrected chi connectivity index (χ1v) is 9.05. The van der Waals surface area contributed by atoms with Crippen molar-refractivity contribution in [2.75, 3.05) is 0 Å². The first kappa shape index (κ1) is 16.0. The van der Waals surface area contributed by atoms with E-state index in [4.69, 9.17) is 4.42 Å². The van der Waals surface area contributed by atoms with Crippen molar-refractivity contribution in [2.24, 2.45) is 7.05 Å². The third-order valence-corrected chi connectivity index (χ3v) is 5.41. The molecule has 8 heteroatoms. The molecule has 3 heterocycles. The van der Waals surface area contributed by atoms with Crippen LogP contribution < -0.4 is 0 Å². The molecular weight excluding hydrogens is 338 g/mol. The molecule has 0 saturated heterocycles. The molecule has 3 aromatic heterocycles. The molecule has 1 aliphatic carbocycles. The topological polar surface area (TPSA) is 77.1 Å². The fourth-order valence-electron chi connectivity index (χ4n) is 3.37. The van der Waals surface area contributed by atoms with E-state index in [1.54, 1.807) is 18.1 Å². The summed E-state index contributed by atoms with van der Waals surface area (Å²) in [6, 6.07) is 3.71. The first-order chi connectivity index (χ1) is 12.1. The van der Waals surface area contributed by atoms with Crippen LogP contribution in [0.25, 0.3) is 0 Å². The Balaban J connectivity index is 1.65. The van der Waals surface area contributed by atoms with Crippen LogP contribution in [0.5, 0.6) is 0 Å². The Kier molecular flexibility index (Phi) is 4.12. The second kappa shape index (κ2) is 6.44. The maximum Gasteiger partial charge on any atom is 0.268 e. The maximum absolute atomic E-state index is 13.0. The minimum absolute atomic E-state index is 0.0821. The number of fused-ring (bicyclic) bond motifs is 1. The number of aromatic nitrogens is 4. The summed E-state index contributed by atoms with van der Waals surface area (Å²) >= 11 is 1.13. The molecule has 0 saturated carbocycles. The Bertz CT molecular complexity index is 896. The molecule has 1 aliphatic rings. The van der Waals surface area contributed by atoms with Crippen molar-refractivity contribution in [1.82, 2.24) is 24.3 Å². The minimum atomic E-state index is -0.0821. The number of carbonyl (C=O) groups excluding carboxylic acids is 1. The summed E-state index contributed by atoms with van der Waals surface area (Å²) in [6.07, 6.45) is 4.86. The molecule has 0 unspecified atom stereocenters. The minimum Gasteiger partial charge on any atom is -0.467 e. The summed E-state index contributed by atoms with van der Waals surface area (Å²) in [7, 11) is 1.98. The van der Waals surface area contributed by atoms with Gasteiger partial charge in [-0.25, -0.2) is 0 Å². The molecule has 0 radical (unpaired) electrons. The Hall–Kier alpha value is -2.48. The normalized spacial score (nSPS) is 13.2. The van der Waals surface area contributed by atoms with Crippen molar-refractivity contribution >= 4 is 17.4 Å². The van der Waals surface area contributed by atoms with E-state index in [9.17, 15) is 4.79 Å². The second-order valence-electron chi connectivity index (χ2n) is 6.28. The van der Waals surface area contributed by atoms with Gasteiger partial charge >= 0.3 is 0 Å². The van der Waals surface area contributed by atoms with E-state index in [1.165, 1.54) is 11.3 Å². The van der Waals surface area contributed by atoms with Gasteiger partial charge in [-0.3, -0.25) is 9.48 Å². The number of nitrogens with zero attached hydrogens (tertiary/aromatic N) is 5. The molecular formula is C17H19N5O2S. The highest BCUT2D eigenvalue weighted by molar-refractivity contribution is 7.07. The molecule has 4 rings (SSSR count). The van der Waals surface area contributed by atoms with E-state index in [2.05, 4.69) is 14.7 Å². The van der Waals surface area contributed by atoms with Crippen LogP contribution in [0.2, 0.25) is 0 Å². The van der Waals surface area contributed by atoms with Crippen molar-refractivity contribution in [3.63, 3.8) is 0 Å². The summed E-state index contributed by atoms with van der Waals surface area (Å²) < 4.78 is 11.3. The number of rotatable bonds is 5. The second-order valence-corrected chi connectivity index (χ2v) is 7.03. The van der Waals surface area contributed by atoms with E-state index < -0.39 is 0 Å². The lowest BCUT2D eigenvalue weighted by molar-refractivity contribution is 0.0718. The van der Waals surface area contributed by atoms with Gasteiger partial charge in [-0.1, -0.05) is 4.49 Å². The first-order valence-electron chi connectivity index (χ1n) is 8.27. The fourth-order valence-corrected chi connectivity index (χ4v) is 3.99. The number of carbonyl (C=O) groups is 1. The van der Waals surface area contributed by atoms with Crippen molar-refractivity contribution in [3.8, 4) is 0 Å². The molecule has 25 heavy (non-hydrogen) atoms. The molecule has 3 aromatic rings. The Morgan fingerprint density at radius 1 is 1.40 bits per heavy atom. The van der Waals surface area contributed by atoms with Crippen LogP contribution in [-0.4, -0.2) is 30.2 Å². The highest BCUT2D eigenvalue weighted by atomic mass is 32.1. The van der Waals surface area contributed by atoms with E-state index in [-0.39, 0.29) is 5.91 Å². The summed E-state index contributed by atoms with van der Waals surface area (Å²) in [5.41, 5.74) is 4.21. The van der Waals surface area contributed by atoms with Gasteiger partial charge in [-0.2, -0.15) is 5.10 Å². The number of hydrogen-bond acceptors (Lipinski definition) is 6. The van der Waals surface area contributed by atoms with Gasteiger partial charge < -0.3 is 9.32 Å². The smallest absolute Gasteiger partial charge is 0.268 e. The standard InChI is InChI=1S/C17H19N5O2S/c1-11-16(25-20-18-11)17(23)22(9-12-5-4-8-24-12)10-14-13-6-3-7-15(13)21(2)19-14/h4-5,8H,3,6-7,9-10H2,1-2H3. The Morgan fingerprint density at radius 3 is 3.00 bits per heavy atom. The lowest BCUT2D eigenvalue weighted by Gasteiger charge is -2.20. The predicted octanol–water partition coefficient (Wildman–Crippen LogP) is 2.50. The average Bonchev–Trinajstić information content (AvgIpc) is 3.35. The molecule has 0 N–H and O–H groups in total. The quantitative estimate of drug-likeness (QED) is 0.701. The van der Waals surface area contributed by atoms with Gasteiger partial charge in [0.05, 0.1) is 30.7 Å². The Labute approximate surface area is 149 Å². The van der Waals surface area contributed by atoms with Gasteiger partial charge in [0, 0.05) is 12.7 Å². The van der Waals surface area contributed by atoms with Crippen LogP contribution in [0, 0.1) is 6.92 Å². The molecule has 130 valence electrons. The number of aryl methyl sites for hydroxylation is 2. The van der Waals surface area contributed by atoms with Gasteiger partial charge in [0.25, 0.3) is 5.91 Å².